The summed E-state index contributed by atoms with van der Waals surface area (Å²) in [5, 5.41) is 3.57. The first kappa shape index (κ1) is 12.6. The van der Waals surface area contributed by atoms with Gasteiger partial charge in [-0.25, -0.2) is 0 Å². The monoisotopic (exact) mass is 222 g/mol. The van der Waals surface area contributed by atoms with Crippen LogP contribution in [0.15, 0.2) is 24.3 Å². The lowest BCUT2D eigenvalue weighted by molar-refractivity contribution is 0.462. The highest BCUT2D eigenvalue weighted by Crippen LogP contribution is 2.22. The van der Waals surface area contributed by atoms with E-state index in [0.717, 1.165) is 20.5 Å². The highest BCUT2D eigenvalue weighted by Gasteiger charge is 1.97. The van der Waals surface area contributed by atoms with Crippen molar-refractivity contribution in [3.8, 4) is 0 Å². The number of hydrogen-bond acceptors (Lipinski definition) is 4. The van der Waals surface area contributed by atoms with Crippen molar-refractivity contribution >= 4 is 11.4 Å². The maximum Gasteiger partial charge on any atom is 0.0327 e. The molecule has 0 aliphatic rings. The smallest absolute Gasteiger partial charge is 0.0327 e. The summed E-state index contributed by atoms with van der Waals surface area (Å²) in [7, 11) is 2.88. The Balaban J connectivity index is 2.83. The van der Waals surface area contributed by atoms with E-state index in [-0.39, 0.29) is 0 Å². The molecule has 0 aromatic heterocycles. The minimum atomic E-state index is 0.516. The van der Waals surface area contributed by atoms with Gasteiger partial charge in [-0.15, -0.1) is 0 Å². The van der Waals surface area contributed by atoms with Gasteiger partial charge < -0.3 is 43.8 Å². The van der Waals surface area contributed by atoms with Crippen LogP contribution >= 0.6 is 0 Å². The number of rotatable bonds is 4. The molecule has 1 aromatic rings. The van der Waals surface area contributed by atoms with Crippen LogP contribution in [0.2, 0.25) is 0 Å². The van der Waals surface area contributed by atoms with Crippen molar-refractivity contribution in [3.05, 3.63) is 47.6 Å². The third kappa shape index (κ3) is 2.79. The summed E-state index contributed by atoms with van der Waals surface area (Å²) in [4.78, 5) is 0. The van der Waals surface area contributed by atoms with Gasteiger partial charge >= 0.3 is 0 Å². The molecule has 0 fully saturated rings. The van der Waals surface area contributed by atoms with Crippen LogP contribution < -0.4 is 10.2 Å². The number of nitrogens with one attached hydrogen (secondary N) is 4. The molecule has 0 saturated heterocycles. The Hall–Kier alpha value is -1.42. The van der Waals surface area contributed by atoms with Crippen LogP contribution in [0.4, 0.5) is 11.4 Å². The third-order valence-electron chi connectivity index (χ3n) is 1.94. The van der Waals surface area contributed by atoms with Gasteiger partial charge in [0.2, 0.25) is 0 Å². The van der Waals surface area contributed by atoms with Crippen LogP contribution in [0.3, 0.4) is 0 Å². The first-order chi connectivity index (χ1) is 7.43. The van der Waals surface area contributed by atoms with Crippen LogP contribution in [0.25, 0.3) is 23.4 Å². The quantitative estimate of drug-likeness (QED) is 0.729. The number of hydrazine groups is 2. The van der Waals surface area contributed by atoms with Crippen LogP contribution in [0, 0.1) is 0 Å². The maximum absolute atomic E-state index is 7.49. The molecule has 0 amide bonds. The molecule has 16 heavy (non-hydrogen) atoms. The van der Waals surface area contributed by atoms with Crippen LogP contribution in [-0.2, 0) is 0 Å². The molecule has 0 radical (unpaired) electrons. The summed E-state index contributed by atoms with van der Waals surface area (Å²) < 4.78 is 0. The minimum absolute atomic E-state index is 0.516. The van der Waals surface area contributed by atoms with Crippen molar-refractivity contribution in [2.24, 2.45) is 0 Å². The molecule has 1 rings (SSSR count). The molecule has 0 atom stereocenters. The van der Waals surface area contributed by atoms with E-state index in [2.05, 4.69) is 0 Å². The lowest BCUT2D eigenvalue weighted by atomic mass is 10.3. The van der Waals surface area contributed by atoms with Crippen molar-refractivity contribution < 1.29 is 0 Å². The van der Waals surface area contributed by atoms with Gasteiger partial charge in [0, 0.05) is 11.4 Å². The van der Waals surface area contributed by atoms with E-state index in [1.54, 1.807) is 24.3 Å². The Bertz CT molecular complexity index is 288. The standard InChI is InChI=1S/C8H14N8/c1-13(9)15(11)7-3-5-8(6-4-7)16(12)14(2)10/h3-6,9-12H,1-2H3/q-4. The zero-order valence-corrected chi connectivity index (χ0v) is 9.10. The molecule has 1 aromatic carbocycles. The van der Waals surface area contributed by atoms with Gasteiger partial charge in [-0.1, -0.05) is 0 Å². The molecule has 0 aliphatic carbocycles. The highest BCUT2D eigenvalue weighted by molar-refractivity contribution is 5.56. The first-order valence-corrected chi connectivity index (χ1v) is 4.46. The summed E-state index contributed by atoms with van der Waals surface area (Å²) >= 11 is 0. The Kier molecular flexibility index (Phi) is 4.01. The molecule has 4 N–H and O–H groups in total. The molecule has 0 saturated carbocycles. The third-order valence-corrected chi connectivity index (χ3v) is 1.94. The minimum Gasteiger partial charge on any atom is -0.592 e. The van der Waals surface area contributed by atoms with Crippen molar-refractivity contribution in [1.82, 2.24) is 10.2 Å². The van der Waals surface area contributed by atoms with Crippen LogP contribution in [0.5, 0.6) is 0 Å². The van der Waals surface area contributed by atoms with E-state index in [4.69, 9.17) is 23.4 Å². The van der Waals surface area contributed by atoms with E-state index in [1.807, 2.05) is 0 Å². The Morgan fingerprint density at radius 1 is 0.688 bits per heavy atom. The average Bonchev–Trinajstić information content (AvgIpc) is 2.27. The number of nitrogens with zero attached hydrogens (tertiary/aromatic N) is 4. The first-order valence-electron chi connectivity index (χ1n) is 4.46. The van der Waals surface area contributed by atoms with Crippen LogP contribution in [0.1, 0.15) is 0 Å². The lowest BCUT2D eigenvalue weighted by Crippen LogP contribution is -2.28. The summed E-state index contributed by atoms with van der Waals surface area (Å²) in [6, 6.07) is 6.44. The van der Waals surface area contributed by atoms with Gasteiger partial charge in [-0.3, -0.25) is 0 Å². The van der Waals surface area contributed by atoms with Gasteiger partial charge in [0.15, 0.2) is 0 Å². The molecule has 0 bridgehead atoms. The van der Waals surface area contributed by atoms with Gasteiger partial charge in [-0.2, -0.15) is 0 Å². The normalized spacial score (nSPS) is 11.0. The van der Waals surface area contributed by atoms with E-state index in [0.29, 0.717) is 11.4 Å². The topological polar surface area (TPSA) is 108 Å². The SMILES string of the molecule is CN([NH-])N([NH-])c1ccc(N([NH-])N(C)[NH-])cc1. The predicted molar refractivity (Wildman–Crippen MR) is 64.2 cm³/mol. The maximum atomic E-state index is 7.49. The number of benzene rings is 1. The van der Waals surface area contributed by atoms with Gasteiger partial charge in [0.1, 0.15) is 0 Å². The van der Waals surface area contributed by atoms with Crippen molar-refractivity contribution in [1.29, 1.82) is 0 Å². The predicted octanol–water partition coefficient (Wildman–Crippen LogP) is 2.86. The molecular formula is C8H14N8-4. The fourth-order valence-electron chi connectivity index (χ4n) is 1.08. The van der Waals surface area contributed by atoms with E-state index < -0.39 is 0 Å². The van der Waals surface area contributed by atoms with Gasteiger partial charge in [-0.05, 0) is 38.4 Å². The second-order valence-corrected chi connectivity index (χ2v) is 3.19. The second-order valence-electron chi connectivity index (χ2n) is 3.19. The van der Waals surface area contributed by atoms with Crippen molar-refractivity contribution in [2.45, 2.75) is 0 Å². The molecule has 0 spiro atoms. The molecule has 8 nitrogen and oxygen atoms in total. The number of anilines is 2. The van der Waals surface area contributed by atoms with Gasteiger partial charge in [0.25, 0.3) is 0 Å². The molecule has 0 aliphatic heterocycles. The molecule has 0 unspecified atom stereocenters. The molecule has 0 heterocycles. The second kappa shape index (κ2) is 5.07. The summed E-state index contributed by atoms with van der Waals surface area (Å²) in [5.41, 5.74) is 1.03. The largest absolute Gasteiger partial charge is 0.592 e. The summed E-state index contributed by atoms with van der Waals surface area (Å²) in [5.74, 6) is 29.4. The fraction of sp³-hybridized carbons (Fsp3) is 0.250. The molecule has 90 valence electrons. The average molecular weight is 222 g/mol. The summed E-state index contributed by atoms with van der Waals surface area (Å²) in [6.07, 6.45) is 0. The zero-order valence-electron chi connectivity index (χ0n) is 9.10. The molecular weight excluding hydrogens is 208 g/mol. The van der Waals surface area contributed by atoms with E-state index >= 15 is 0 Å². The Morgan fingerprint density at radius 3 is 1.12 bits per heavy atom. The van der Waals surface area contributed by atoms with Crippen molar-refractivity contribution in [2.75, 3.05) is 24.3 Å². The zero-order chi connectivity index (χ0) is 12.3. The highest BCUT2D eigenvalue weighted by atomic mass is 15.8. The lowest BCUT2D eigenvalue weighted by Gasteiger charge is -2.44. The van der Waals surface area contributed by atoms with E-state index in [1.165, 1.54) is 14.1 Å². The van der Waals surface area contributed by atoms with Crippen molar-refractivity contribution in [3.63, 3.8) is 0 Å². The summed E-state index contributed by atoms with van der Waals surface area (Å²) in [6.45, 7) is 0. The Morgan fingerprint density at radius 2 is 0.938 bits per heavy atom. The van der Waals surface area contributed by atoms with E-state index in [9.17, 15) is 0 Å². The van der Waals surface area contributed by atoms with Gasteiger partial charge in [0.05, 0.1) is 0 Å². The number of hydrogen-bond donors (Lipinski definition) is 0. The Labute approximate surface area is 94.4 Å². The fourth-order valence-corrected chi connectivity index (χ4v) is 1.08. The molecule has 8 heteroatoms. The van der Waals surface area contributed by atoms with Crippen LogP contribution in [-0.4, -0.2) is 24.3 Å².